The van der Waals surface area contributed by atoms with E-state index in [9.17, 15) is 9.59 Å². The number of nitrogens with zero attached hydrogens (tertiary/aromatic N) is 4. The molecule has 1 N–H and O–H groups in total. The Morgan fingerprint density at radius 3 is 2.61 bits per heavy atom. The average Bonchev–Trinajstić information content (AvgIpc) is 3.10. The van der Waals surface area contributed by atoms with Gasteiger partial charge in [-0.3, -0.25) is 9.59 Å². The zero-order chi connectivity index (χ0) is 19.8. The minimum Gasteiger partial charge on any atom is -0.354 e. The van der Waals surface area contributed by atoms with Crippen molar-refractivity contribution in [1.82, 2.24) is 24.6 Å². The second-order valence-electron chi connectivity index (χ2n) is 7.48. The van der Waals surface area contributed by atoms with Gasteiger partial charge in [0.05, 0.1) is 12.6 Å². The normalized spacial score (nSPS) is 16.3. The van der Waals surface area contributed by atoms with Crippen LogP contribution in [-0.4, -0.2) is 37.1 Å². The first-order valence-electron chi connectivity index (χ1n) is 9.46. The van der Waals surface area contributed by atoms with Crippen molar-refractivity contribution in [3.8, 4) is 11.4 Å². The third-order valence-electron chi connectivity index (χ3n) is 4.99. The maximum atomic E-state index is 13.2. The predicted octanol–water partition coefficient (Wildman–Crippen LogP) is 2.79. The minimum absolute atomic E-state index is 0.146. The molecular formula is C21H23N5O2. The van der Waals surface area contributed by atoms with E-state index in [1.807, 2.05) is 35.0 Å². The first-order valence-corrected chi connectivity index (χ1v) is 9.46. The molecule has 1 amide bonds. The molecule has 1 aliphatic heterocycles. The van der Waals surface area contributed by atoms with Gasteiger partial charge in [0.15, 0.2) is 17.1 Å². The summed E-state index contributed by atoms with van der Waals surface area (Å²) in [7, 11) is 0. The fourth-order valence-corrected chi connectivity index (χ4v) is 3.77. The van der Waals surface area contributed by atoms with E-state index in [1.165, 1.54) is 12.1 Å². The lowest BCUT2D eigenvalue weighted by molar-refractivity contribution is 0.0530. The number of aromatic amines is 1. The number of carbonyl (C=O) groups is 1. The molecule has 2 aromatic heterocycles. The van der Waals surface area contributed by atoms with Crippen LogP contribution in [0.25, 0.3) is 11.4 Å². The van der Waals surface area contributed by atoms with Crippen LogP contribution < -0.4 is 5.43 Å². The largest absolute Gasteiger partial charge is 0.354 e. The number of carbonyl (C=O) groups excluding carboxylic acids is 1. The summed E-state index contributed by atoms with van der Waals surface area (Å²) in [5, 5.41) is 4.66. The van der Waals surface area contributed by atoms with Crippen LogP contribution in [-0.2, 0) is 6.54 Å². The summed E-state index contributed by atoms with van der Waals surface area (Å²) in [4.78, 5) is 34.7. The van der Waals surface area contributed by atoms with Gasteiger partial charge in [-0.1, -0.05) is 44.2 Å². The Kier molecular flexibility index (Phi) is 4.58. The molecule has 7 nitrogen and oxygen atoms in total. The maximum absolute atomic E-state index is 13.2. The van der Waals surface area contributed by atoms with Gasteiger partial charge in [-0.25, -0.2) is 9.67 Å². The quantitative estimate of drug-likeness (QED) is 0.761. The fourth-order valence-electron chi connectivity index (χ4n) is 3.77. The van der Waals surface area contributed by atoms with Crippen LogP contribution in [0.3, 0.4) is 0 Å². The van der Waals surface area contributed by atoms with Crippen molar-refractivity contribution in [2.24, 2.45) is 5.92 Å². The second-order valence-corrected chi connectivity index (χ2v) is 7.48. The highest BCUT2D eigenvalue weighted by molar-refractivity contribution is 5.92. The Bertz CT molecular complexity index is 1070. The maximum Gasteiger partial charge on any atom is 0.271 e. The monoisotopic (exact) mass is 377 g/mol. The van der Waals surface area contributed by atoms with Crippen molar-refractivity contribution in [1.29, 1.82) is 0 Å². The SMILES string of the molecule is Cc1cc(=O)cc(C(=O)N2CCn3nc(-c4ccccc4)nc3[C@@H]2C(C)C)[nH]1. The zero-order valence-corrected chi connectivity index (χ0v) is 16.2. The van der Waals surface area contributed by atoms with E-state index in [4.69, 9.17) is 4.98 Å². The van der Waals surface area contributed by atoms with Crippen molar-refractivity contribution in [2.75, 3.05) is 6.54 Å². The van der Waals surface area contributed by atoms with E-state index < -0.39 is 0 Å². The predicted molar refractivity (Wildman–Crippen MR) is 106 cm³/mol. The Morgan fingerprint density at radius 2 is 1.93 bits per heavy atom. The van der Waals surface area contributed by atoms with Crippen molar-refractivity contribution >= 4 is 5.91 Å². The van der Waals surface area contributed by atoms with Crippen molar-refractivity contribution < 1.29 is 4.79 Å². The number of fused-ring (bicyclic) bond motifs is 1. The second kappa shape index (κ2) is 7.07. The minimum atomic E-state index is -0.213. The lowest BCUT2D eigenvalue weighted by atomic mass is 9.99. The molecule has 0 saturated carbocycles. The topological polar surface area (TPSA) is 83.9 Å². The summed E-state index contributed by atoms with van der Waals surface area (Å²) in [6.45, 7) is 6.99. The van der Waals surface area contributed by atoms with Crippen LogP contribution in [0.1, 0.15) is 41.9 Å². The number of rotatable bonds is 3. The number of benzene rings is 1. The lowest BCUT2D eigenvalue weighted by Gasteiger charge is -2.37. The molecule has 144 valence electrons. The summed E-state index contributed by atoms with van der Waals surface area (Å²) in [6.07, 6.45) is 0. The third-order valence-corrected chi connectivity index (χ3v) is 4.99. The summed E-state index contributed by atoms with van der Waals surface area (Å²) in [5.41, 5.74) is 1.76. The van der Waals surface area contributed by atoms with Crippen LogP contribution in [0.15, 0.2) is 47.3 Å². The molecule has 0 aliphatic carbocycles. The van der Waals surface area contributed by atoms with E-state index in [0.717, 1.165) is 11.4 Å². The number of pyridine rings is 1. The molecule has 1 aliphatic rings. The first kappa shape index (κ1) is 18.2. The Labute approximate surface area is 163 Å². The molecule has 28 heavy (non-hydrogen) atoms. The molecule has 1 aromatic carbocycles. The van der Waals surface area contributed by atoms with Crippen LogP contribution in [0.4, 0.5) is 0 Å². The Balaban J connectivity index is 1.73. The van der Waals surface area contributed by atoms with Gasteiger partial charge in [-0.2, -0.15) is 5.10 Å². The van der Waals surface area contributed by atoms with Crippen molar-refractivity contribution in [3.05, 3.63) is 69.9 Å². The first-order chi connectivity index (χ1) is 13.4. The highest BCUT2D eigenvalue weighted by Crippen LogP contribution is 2.33. The van der Waals surface area contributed by atoms with Gasteiger partial charge in [-0.15, -0.1) is 0 Å². The molecule has 0 spiro atoms. The summed E-state index contributed by atoms with van der Waals surface area (Å²) >= 11 is 0. The molecule has 0 unspecified atom stereocenters. The van der Waals surface area contributed by atoms with E-state index in [0.29, 0.717) is 30.3 Å². The van der Waals surface area contributed by atoms with E-state index in [2.05, 4.69) is 23.9 Å². The zero-order valence-electron chi connectivity index (χ0n) is 16.2. The Hall–Kier alpha value is -3.22. The molecule has 0 saturated heterocycles. The molecule has 1 atom stereocenters. The number of H-pyrrole nitrogens is 1. The van der Waals surface area contributed by atoms with Gasteiger partial charge in [0.2, 0.25) is 0 Å². The van der Waals surface area contributed by atoms with E-state index in [-0.39, 0.29) is 23.3 Å². The van der Waals surface area contributed by atoms with E-state index in [1.54, 1.807) is 11.8 Å². The number of hydrogen-bond acceptors (Lipinski definition) is 4. The molecule has 4 rings (SSSR count). The number of aromatic nitrogens is 4. The van der Waals surface area contributed by atoms with Crippen LogP contribution >= 0.6 is 0 Å². The lowest BCUT2D eigenvalue weighted by Crippen LogP contribution is -2.45. The highest BCUT2D eigenvalue weighted by Gasteiger charge is 2.36. The third kappa shape index (κ3) is 3.24. The van der Waals surface area contributed by atoms with Gasteiger partial charge in [0.1, 0.15) is 5.69 Å². The van der Waals surface area contributed by atoms with Gasteiger partial charge in [0.25, 0.3) is 5.91 Å². The van der Waals surface area contributed by atoms with Gasteiger partial charge < -0.3 is 9.88 Å². The Morgan fingerprint density at radius 1 is 1.18 bits per heavy atom. The molecule has 3 heterocycles. The molecule has 0 bridgehead atoms. The standard InChI is InChI=1S/C21H23N5O2/c1-13(2)18-20-23-19(15-7-5-4-6-8-15)24-26(20)10-9-25(18)21(28)17-12-16(27)11-14(3)22-17/h4-8,11-13,18H,9-10H2,1-3H3,(H,22,27)/t18-/m0/s1. The van der Waals surface area contributed by atoms with Gasteiger partial charge >= 0.3 is 0 Å². The highest BCUT2D eigenvalue weighted by atomic mass is 16.2. The number of amides is 1. The number of hydrogen-bond donors (Lipinski definition) is 1. The summed E-state index contributed by atoms with van der Waals surface area (Å²) in [6, 6.07) is 12.5. The summed E-state index contributed by atoms with van der Waals surface area (Å²) < 4.78 is 1.90. The number of aryl methyl sites for hydroxylation is 1. The molecule has 3 aromatic rings. The smallest absolute Gasteiger partial charge is 0.271 e. The van der Waals surface area contributed by atoms with Crippen molar-refractivity contribution in [2.45, 2.75) is 33.4 Å². The summed E-state index contributed by atoms with van der Waals surface area (Å²) in [5.74, 6) is 1.41. The average molecular weight is 377 g/mol. The molecule has 0 radical (unpaired) electrons. The van der Waals surface area contributed by atoms with Crippen molar-refractivity contribution in [3.63, 3.8) is 0 Å². The van der Waals surface area contributed by atoms with E-state index >= 15 is 0 Å². The fraction of sp³-hybridized carbons (Fsp3) is 0.333. The van der Waals surface area contributed by atoms with Gasteiger partial charge in [0, 0.05) is 29.9 Å². The van der Waals surface area contributed by atoms with Crippen LogP contribution in [0, 0.1) is 12.8 Å². The molecule has 0 fully saturated rings. The molecule has 7 heteroatoms. The van der Waals surface area contributed by atoms with Crippen LogP contribution in [0.2, 0.25) is 0 Å². The molecular weight excluding hydrogens is 354 g/mol. The van der Waals surface area contributed by atoms with Gasteiger partial charge in [-0.05, 0) is 12.8 Å². The number of nitrogens with one attached hydrogen (secondary N) is 1. The van der Waals surface area contributed by atoms with Crippen LogP contribution in [0.5, 0.6) is 0 Å².